The minimum atomic E-state index is -0.119. The molecule has 0 aromatic carbocycles. The van der Waals surface area contributed by atoms with Gasteiger partial charge < -0.3 is 0 Å². The molecule has 0 amide bonds. The molecule has 0 saturated heterocycles. The summed E-state index contributed by atoms with van der Waals surface area (Å²) >= 11 is 0. The molecular weight excluding hydrogens is 246 g/mol. The summed E-state index contributed by atoms with van der Waals surface area (Å²) in [5, 5.41) is 0. The Morgan fingerprint density at radius 3 is 2.30 bits per heavy atom. The quantitative estimate of drug-likeness (QED) is 0.392. The number of hydrogen-bond acceptors (Lipinski definition) is 1. The van der Waals surface area contributed by atoms with Gasteiger partial charge in [-0.3, -0.25) is 9.41 Å². The van der Waals surface area contributed by atoms with E-state index in [1.54, 1.807) is 0 Å². The first-order chi connectivity index (χ1) is 9.79. The van der Waals surface area contributed by atoms with Crippen molar-refractivity contribution in [1.29, 1.82) is 0 Å². The Kier molecular flexibility index (Phi) is 8.78. The van der Waals surface area contributed by atoms with Gasteiger partial charge >= 0.3 is 0 Å². The molecule has 3 nitrogen and oxygen atoms in total. The molecule has 112 valence electrons. The zero-order valence-electron chi connectivity index (χ0n) is 13.1. The summed E-state index contributed by atoms with van der Waals surface area (Å²) in [6, 6.07) is 0. The second kappa shape index (κ2) is 10.5. The van der Waals surface area contributed by atoms with E-state index in [0.29, 0.717) is 0 Å². The maximum atomic E-state index is 7.10. The Morgan fingerprint density at radius 2 is 1.70 bits per heavy atom. The lowest BCUT2D eigenvalue weighted by molar-refractivity contribution is 0.550. The summed E-state index contributed by atoms with van der Waals surface area (Å²) in [5.41, 5.74) is 0. The second-order valence-electron chi connectivity index (χ2n) is 5.59. The van der Waals surface area contributed by atoms with Gasteiger partial charge in [0.05, 0.1) is 0 Å². The van der Waals surface area contributed by atoms with Crippen molar-refractivity contribution in [3.63, 3.8) is 0 Å². The molecule has 20 heavy (non-hydrogen) atoms. The summed E-state index contributed by atoms with van der Waals surface area (Å²) in [6.07, 6.45) is 16.7. The van der Waals surface area contributed by atoms with Gasteiger partial charge in [0.15, 0.2) is 0 Å². The topological polar surface area (TPSA) is 22.2 Å². The van der Waals surface area contributed by atoms with Crippen LogP contribution in [0, 0.1) is 6.57 Å². The van der Waals surface area contributed by atoms with Crippen LogP contribution in [0.25, 0.3) is 4.85 Å². The Balaban J connectivity index is 2.07. The van der Waals surface area contributed by atoms with Gasteiger partial charge in [-0.1, -0.05) is 58.3 Å². The van der Waals surface area contributed by atoms with E-state index in [-0.39, 0.29) is 6.17 Å². The van der Waals surface area contributed by atoms with E-state index < -0.39 is 0 Å². The molecule has 0 fully saturated rings. The number of nitrogens with zero attached hydrogens (tertiary/aromatic N) is 3. The second-order valence-corrected chi connectivity index (χ2v) is 5.59. The third-order valence-electron chi connectivity index (χ3n) is 3.84. The summed E-state index contributed by atoms with van der Waals surface area (Å²) in [6.45, 7) is 11.3. The molecule has 1 heterocycles. The van der Waals surface area contributed by atoms with Gasteiger partial charge in [-0.25, -0.2) is 11.6 Å². The molecule has 0 N–H and O–H groups in total. The number of aromatic nitrogens is 2. The summed E-state index contributed by atoms with van der Waals surface area (Å²) in [7, 11) is 0. The van der Waals surface area contributed by atoms with E-state index in [1.807, 2.05) is 23.9 Å². The fourth-order valence-corrected chi connectivity index (χ4v) is 2.53. The molecule has 1 rings (SSSR count). The minimum Gasteiger partial charge on any atom is -0.290 e. The number of imidazole rings is 1. The fraction of sp³-hybridized carbons (Fsp3) is 0.765. The molecule has 1 aromatic rings. The van der Waals surface area contributed by atoms with E-state index in [1.165, 1.54) is 57.8 Å². The largest absolute Gasteiger partial charge is 0.300 e. The highest BCUT2D eigenvalue weighted by molar-refractivity contribution is 4.96. The smallest absolute Gasteiger partial charge is 0.290 e. The standard InChI is InChI=1S/C17H29N3/c1-4-5-6-7-8-9-10-11-12-13-17-19-14-15-20(17)16(2)18-3/h14-16H,4-13H2,1-2H3. The minimum absolute atomic E-state index is 0.119. The maximum Gasteiger partial charge on any atom is 0.300 e. The van der Waals surface area contributed by atoms with Crippen molar-refractivity contribution in [2.45, 2.75) is 84.2 Å². The van der Waals surface area contributed by atoms with Crippen molar-refractivity contribution in [2.24, 2.45) is 0 Å². The van der Waals surface area contributed by atoms with Crippen LogP contribution in [0.2, 0.25) is 0 Å². The lowest BCUT2D eigenvalue weighted by Gasteiger charge is -2.06. The van der Waals surface area contributed by atoms with Crippen molar-refractivity contribution >= 4 is 0 Å². The molecule has 1 atom stereocenters. The average molecular weight is 275 g/mol. The summed E-state index contributed by atoms with van der Waals surface area (Å²) in [4.78, 5) is 7.93. The Labute approximate surface area is 124 Å². The number of rotatable bonds is 11. The average Bonchev–Trinajstić information content (AvgIpc) is 2.93. The first kappa shape index (κ1) is 16.8. The molecule has 0 saturated carbocycles. The molecule has 1 unspecified atom stereocenters. The molecular formula is C17H29N3. The lowest BCUT2D eigenvalue weighted by Crippen LogP contribution is -2.05. The maximum absolute atomic E-state index is 7.10. The van der Waals surface area contributed by atoms with Crippen LogP contribution < -0.4 is 0 Å². The van der Waals surface area contributed by atoms with Gasteiger partial charge in [-0.15, -0.1) is 0 Å². The van der Waals surface area contributed by atoms with Gasteiger partial charge in [0.25, 0.3) is 6.17 Å². The van der Waals surface area contributed by atoms with Crippen molar-refractivity contribution in [2.75, 3.05) is 0 Å². The number of unbranched alkanes of at least 4 members (excludes halogenated alkanes) is 8. The first-order valence-corrected chi connectivity index (χ1v) is 8.17. The fourth-order valence-electron chi connectivity index (χ4n) is 2.53. The molecule has 0 aliphatic carbocycles. The Hall–Kier alpha value is -1.30. The van der Waals surface area contributed by atoms with E-state index in [4.69, 9.17) is 6.57 Å². The third kappa shape index (κ3) is 6.23. The summed E-state index contributed by atoms with van der Waals surface area (Å²) < 4.78 is 2.00. The van der Waals surface area contributed by atoms with E-state index in [2.05, 4.69) is 16.8 Å². The van der Waals surface area contributed by atoms with Gasteiger partial charge in [0.1, 0.15) is 5.82 Å². The van der Waals surface area contributed by atoms with Crippen molar-refractivity contribution in [3.05, 3.63) is 29.6 Å². The molecule has 0 radical (unpaired) electrons. The van der Waals surface area contributed by atoms with Gasteiger partial charge in [0, 0.05) is 25.7 Å². The van der Waals surface area contributed by atoms with Crippen molar-refractivity contribution in [1.82, 2.24) is 9.55 Å². The van der Waals surface area contributed by atoms with E-state index in [9.17, 15) is 0 Å². The molecule has 3 heteroatoms. The Morgan fingerprint density at radius 1 is 1.10 bits per heavy atom. The molecule has 0 aliphatic heterocycles. The highest BCUT2D eigenvalue weighted by Crippen LogP contribution is 2.14. The van der Waals surface area contributed by atoms with Gasteiger partial charge in [-0.2, -0.15) is 0 Å². The SMILES string of the molecule is [C-]#[N+]C(C)n1ccnc1CCCCCCCCCCC. The lowest BCUT2D eigenvalue weighted by atomic mass is 10.1. The van der Waals surface area contributed by atoms with Crippen LogP contribution in [0.5, 0.6) is 0 Å². The van der Waals surface area contributed by atoms with Gasteiger partial charge in [0.2, 0.25) is 0 Å². The number of aryl methyl sites for hydroxylation is 1. The normalized spacial score (nSPS) is 12.2. The van der Waals surface area contributed by atoms with Crippen molar-refractivity contribution in [3.8, 4) is 0 Å². The highest BCUT2D eigenvalue weighted by atomic mass is 15.2. The van der Waals surface area contributed by atoms with E-state index >= 15 is 0 Å². The number of hydrogen-bond donors (Lipinski definition) is 0. The van der Waals surface area contributed by atoms with Gasteiger partial charge in [-0.05, 0) is 6.42 Å². The van der Waals surface area contributed by atoms with Crippen molar-refractivity contribution < 1.29 is 0 Å². The molecule has 1 aromatic heterocycles. The van der Waals surface area contributed by atoms with Crippen LogP contribution in [-0.2, 0) is 6.42 Å². The van der Waals surface area contributed by atoms with Crippen LogP contribution in [0.15, 0.2) is 12.4 Å². The highest BCUT2D eigenvalue weighted by Gasteiger charge is 2.11. The molecule has 0 bridgehead atoms. The summed E-state index contributed by atoms with van der Waals surface area (Å²) in [5.74, 6) is 1.07. The predicted octanol–water partition coefficient (Wildman–Crippen LogP) is 5.39. The third-order valence-corrected chi connectivity index (χ3v) is 3.84. The van der Waals surface area contributed by atoms with Crippen LogP contribution in [-0.4, -0.2) is 9.55 Å². The predicted molar refractivity (Wildman–Crippen MR) is 84.5 cm³/mol. The van der Waals surface area contributed by atoms with Crippen LogP contribution in [0.1, 0.15) is 83.6 Å². The zero-order valence-corrected chi connectivity index (χ0v) is 13.1. The van der Waals surface area contributed by atoms with Crippen LogP contribution in [0.4, 0.5) is 0 Å². The van der Waals surface area contributed by atoms with Crippen LogP contribution >= 0.6 is 0 Å². The first-order valence-electron chi connectivity index (χ1n) is 8.17. The van der Waals surface area contributed by atoms with Crippen LogP contribution in [0.3, 0.4) is 0 Å². The van der Waals surface area contributed by atoms with E-state index in [0.717, 1.165) is 12.2 Å². The monoisotopic (exact) mass is 275 g/mol. The zero-order chi connectivity index (χ0) is 14.6. The molecule has 0 spiro atoms. The Bertz CT molecular complexity index is 389. The molecule has 0 aliphatic rings.